The van der Waals surface area contributed by atoms with Crippen LogP contribution in [0.25, 0.3) is 0 Å². The number of hydrogen-bond donors (Lipinski definition) is 1. The molecule has 0 aliphatic rings. The molecule has 1 aromatic heterocycles. The zero-order valence-electron chi connectivity index (χ0n) is 11.0. The molecule has 1 aromatic rings. The smallest absolute Gasteiger partial charge is 0.233 e. The molecular formula is C12H23N3O2. The summed E-state index contributed by atoms with van der Waals surface area (Å²) < 4.78 is 11.0. The molecule has 1 heterocycles. The number of nitrogens with one attached hydrogen (secondary N) is 1. The van der Waals surface area contributed by atoms with Gasteiger partial charge in [0, 0.05) is 13.0 Å². The van der Waals surface area contributed by atoms with Crippen LogP contribution >= 0.6 is 0 Å². The van der Waals surface area contributed by atoms with E-state index < -0.39 is 0 Å². The molecular weight excluding hydrogens is 218 g/mol. The lowest BCUT2D eigenvalue weighted by atomic mass is 10.2. The van der Waals surface area contributed by atoms with E-state index >= 15 is 0 Å². The first-order valence-corrected chi connectivity index (χ1v) is 6.45. The van der Waals surface area contributed by atoms with Crippen LogP contribution in [0.1, 0.15) is 51.4 Å². The number of hydrogen-bond acceptors (Lipinski definition) is 5. The van der Waals surface area contributed by atoms with Crippen molar-refractivity contribution in [1.29, 1.82) is 0 Å². The molecule has 5 heteroatoms. The predicted molar refractivity (Wildman–Crippen MR) is 65.8 cm³/mol. The SMILES string of the molecule is CCCOCCc1nnc(C(CC)NCC)o1. The second kappa shape index (κ2) is 8.20. The van der Waals surface area contributed by atoms with Gasteiger partial charge in [-0.3, -0.25) is 0 Å². The number of nitrogens with zero attached hydrogens (tertiary/aromatic N) is 2. The van der Waals surface area contributed by atoms with Crippen LogP contribution in [0.5, 0.6) is 0 Å². The Morgan fingerprint density at radius 2 is 2.06 bits per heavy atom. The lowest BCUT2D eigenvalue weighted by molar-refractivity contribution is 0.133. The second-order valence-corrected chi connectivity index (χ2v) is 3.91. The van der Waals surface area contributed by atoms with E-state index in [0.29, 0.717) is 24.8 Å². The van der Waals surface area contributed by atoms with Crippen molar-refractivity contribution < 1.29 is 9.15 Å². The standard InChI is InChI=1S/C12H23N3O2/c1-4-8-16-9-7-11-14-15-12(17-11)10(5-2)13-6-3/h10,13H,4-9H2,1-3H3. The highest BCUT2D eigenvalue weighted by Crippen LogP contribution is 2.14. The molecule has 1 rings (SSSR count). The molecule has 0 spiro atoms. The average molecular weight is 241 g/mol. The van der Waals surface area contributed by atoms with Gasteiger partial charge in [0.2, 0.25) is 11.8 Å². The summed E-state index contributed by atoms with van der Waals surface area (Å²) >= 11 is 0. The summed E-state index contributed by atoms with van der Waals surface area (Å²) in [5, 5.41) is 11.4. The minimum absolute atomic E-state index is 0.165. The molecule has 17 heavy (non-hydrogen) atoms. The molecule has 0 saturated heterocycles. The van der Waals surface area contributed by atoms with Crippen molar-refractivity contribution in [2.24, 2.45) is 0 Å². The molecule has 0 saturated carbocycles. The van der Waals surface area contributed by atoms with E-state index in [1.165, 1.54) is 0 Å². The Morgan fingerprint density at radius 1 is 1.24 bits per heavy atom. The molecule has 5 nitrogen and oxygen atoms in total. The van der Waals surface area contributed by atoms with Crippen LogP contribution in [-0.4, -0.2) is 30.0 Å². The first kappa shape index (κ1) is 14.1. The van der Waals surface area contributed by atoms with Gasteiger partial charge < -0.3 is 14.5 Å². The molecule has 0 aromatic carbocycles. The van der Waals surface area contributed by atoms with E-state index in [-0.39, 0.29) is 6.04 Å². The van der Waals surface area contributed by atoms with Crippen LogP contribution in [0.3, 0.4) is 0 Å². The lowest BCUT2D eigenvalue weighted by Crippen LogP contribution is -2.20. The van der Waals surface area contributed by atoms with E-state index in [1.807, 2.05) is 0 Å². The predicted octanol–water partition coefficient (Wildman–Crippen LogP) is 2.10. The monoisotopic (exact) mass is 241 g/mol. The summed E-state index contributed by atoms with van der Waals surface area (Å²) in [6.07, 6.45) is 2.67. The van der Waals surface area contributed by atoms with Crippen LogP contribution in [0, 0.1) is 0 Å². The van der Waals surface area contributed by atoms with Crippen molar-refractivity contribution in [3.8, 4) is 0 Å². The Balaban J connectivity index is 2.40. The van der Waals surface area contributed by atoms with Gasteiger partial charge in [-0.05, 0) is 19.4 Å². The molecule has 0 aliphatic carbocycles. The third-order valence-corrected chi connectivity index (χ3v) is 2.45. The summed E-state index contributed by atoms with van der Waals surface area (Å²) in [6, 6.07) is 0.165. The van der Waals surface area contributed by atoms with Gasteiger partial charge in [-0.2, -0.15) is 0 Å². The maximum Gasteiger partial charge on any atom is 0.233 e. The summed E-state index contributed by atoms with van der Waals surface area (Å²) in [6.45, 7) is 8.59. The van der Waals surface area contributed by atoms with Crippen molar-refractivity contribution >= 4 is 0 Å². The van der Waals surface area contributed by atoms with Crippen molar-refractivity contribution in [3.05, 3.63) is 11.8 Å². The molecule has 0 amide bonds. The average Bonchev–Trinajstić information content (AvgIpc) is 2.80. The van der Waals surface area contributed by atoms with Crippen LogP contribution < -0.4 is 5.32 Å². The van der Waals surface area contributed by atoms with Crippen LogP contribution in [0.4, 0.5) is 0 Å². The Kier molecular flexibility index (Phi) is 6.81. The summed E-state index contributed by atoms with van der Waals surface area (Å²) in [5.74, 6) is 1.34. The fourth-order valence-corrected chi connectivity index (χ4v) is 1.57. The summed E-state index contributed by atoms with van der Waals surface area (Å²) in [4.78, 5) is 0. The van der Waals surface area contributed by atoms with Gasteiger partial charge in [0.1, 0.15) is 0 Å². The zero-order chi connectivity index (χ0) is 12.5. The van der Waals surface area contributed by atoms with Gasteiger partial charge in [-0.25, -0.2) is 0 Å². The second-order valence-electron chi connectivity index (χ2n) is 3.91. The maximum atomic E-state index is 5.60. The van der Waals surface area contributed by atoms with Gasteiger partial charge in [0.05, 0.1) is 12.6 Å². The van der Waals surface area contributed by atoms with Crippen molar-refractivity contribution in [2.75, 3.05) is 19.8 Å². The molecule has 0 aliphatic heterocycles. The first-order chi connectivity index (χ1) is 8.31. The minimum Gasteiger partial charge on any atom is -0.423 e. The van der Waals surface area contributed by atoms with Gasteiger partial charge in [0.25, 0.3) is 0 Å². The fraction of sp³-hybridized carbons (Fsp3) is 0.833. The Bertz CT molecular complexity index is 302. The summed E-state index contributed by atoms with van der Waals surface area (Å²) in [7, 11) is 0. The third-order valence-electron chi connectivity index (χ3n) is 2.45. The van der Waals surface area contributed by atoms with Crippen LogP contribution in [0.2, 0.25) is 0 Å². The van der Waals surface area contributed by atoms with E-state index in [4.69, 9.17) is 9.15 Å². The quantitative estimate of drug-likeness (QED) is 0.671. The molecule has 0 radical (unpaired) electrons. The van der Waals surface area contributed by atoms with Gasteiger partial charge in [0.15, 0.2) is 0 Å². The normalized spacial score (nSPS) is 12.9. The Morgan fingerprint density at radius 3 is 2.71 bits per heavy atom. The minimum atomic E-state index is 0.165. The highest BCUT2D eigenvalue weighted by Gasteiger charge is 2.15. The number of rotatable bonds is 9. The lowest BCUT2D eigenvalue weighted by Gasteiger charge is -2.10. The molecule has 0 fully saturated rings. The molecule has 0 bridgehead atoms. The van der Waals surface area contributed by atoms with E-state index in [0.717, 1.165) is 26.0 Å². The highest BCUT2D eigenvalue weighted by molar-refractivity contribution is 4.89. The Labute approximate surface area is 103 Å². The van der Waals surface area contributed by atoms with Gasteiger partial charge in [-0.15, -0.1) is 10.2 Å². The molecule has 1 unspecified atom stereocenters. The van der Waals surface area contributed by atoms with Crippen molar-refractivity contribution in [2.45, 2.75) is 46.1 Å². The van der Waals surface area contributed by atoms with Crippen molar-refractivity contribution in [1.82, 2.24) is 15.5 Å². The molecule has 1 N–H and O–H groups in total. The van der Waals surface area contributed by atoms with Crippen LogP contribution in [0.15, 0.2) is 4.42 Å². The summed E-state index contributed by atoms with van der Waals surface area (Å²) in [5.41, 5.74) is 0. The maximum absolute atomic E-state index is 5.60. The molecule has 98 valence electrons. The van der Waals surface area contributed by atoms with Crippen LogP contribution in [-0.2, 0) is 11.2 Å². The highest BCUT2D eigenvalue weighted by atomic mass is 16.5. The number of aromatic nitrogens is 2. The van der Waals surface area contributed by atoms with E-state index in [1.54, 1.807) is 0 Å². The number of ether oxygens (including phenoxy) is 1. The Hall–Kier alpha value is -0.940. The molecule has 1 atom stereocenters. The fourth-order valence-electron chi connectivity index (χ4n) is 1.57. The van der Waals surface area contributed by atoms with E-state index in [9.17, 15) is 0 Å². The topological polar surface area (TPSA) is 60.2 Å². The van der Waals surface area contributed by atoms with Gasteiger partial charge in [-0.1, -0.05) is 20.8 Å². The first-order valence-electron chi connectivity index (χ1n) is 6.45. The largest absolute Gasteiger partial charge is 0.423 e. The third kappa shape index (κ3) is 4.83. The van der Waals surface area contributed by atoms with E-state index in [2.05, 4.69) is 36.3 Å². The van der Waals surface area contributed by atoms with Crippen molar-refractivity contribution in [3.63, 3.8) is 0 Å². The zero-order valence-corrected chi connectivity index (χ0v) is 11.0. The van der Waals surface area contributed by atoms with Gasteiger partial charge >= 0.3 is 0 Å².